The summed E-state index contributed by atoms with van der Waals surface area (Å²) in [5.41, 5.74) is 5.78. The van der Waals surface area contributed by atoms with Gasteiger partial charge in [-0.2, -0.15) is 11.8 Å². The van der Waals surface area contributed by atoms with Gasteiger partial charge in [0, 0.05) is 11.3 Å². The van der Waals surface area contributed by atoms with Crippen LogP contribution in [0, 0.1) is 5.41 Å². The molecule has 0 aromatic rings. The molecule has 0 radical (unpaired) electrons. The first-order valence-corrected chi connectivity index (χ1v) is 7.57. The first-order valence-electron chi connectivity index (χ1n) is 6.52. The highest BCUT2D eigenvalue weighted by molar-refractivity contribution is 7.99. The van der Waals surface area contributed by atoms with Crippen LogP contribution >= 0.6 is 11.8 Å². The van der Waals surface area contributed by atoms with Crippen LogP contribution in [0.1, 0.15) is 47.0 Å². The third-order valence-electron chi connectivity index (χ3n) is 3.35. The Bertz CT molecular complexity index is 263. The normalized spacial score (nSPS) is 26.9. The van der Waals surface area contributed by atoms with Crippen LogP contribution in [0.2, 0.25) is 0 Å². The van der Waals surface area contributed by atoms with Crippen LogP contribution < -0.4 is 11.1 Å². The van der Waals surface area contributed by atoms with Crippen LogP contribution in [0.4, 0.5) is 0 Å². The molecule has 4 heteroatoms. The lowest BCUT2D eigenvalue weighted by atomic mass is 9.87. The zero-order valence-corrected chi connectivity index (χ0v) is 12.3. The zero-order chi connectivity index (χ0) is 13.1. The molecule has 0 bridgehead atoms. The van der Waals surface area contributed by atoms with Crippen molar-refractivity contribution in [3.8, 4) is 0 Å². The van der Waals surface area contributed by atoms with Crippen molar-refractivity contribution in [2.45, 2.75) is 64.3 Å². The SMILES string of the molecule is CCSC1CCC(NC(=O)C(N)C(C)(C)C)C1. The number of amides is 1. The van der Waals surface area contributed by atoms with Crippen LogP contribution in [0.25, 0.3) is 0 Å². The molecule has 0 aliphatic heterocycles. The lowest BCUT2D eigenvalue weighted by Gasteiger charge is -2.27. The summed E-state index contributed by atoms with van der Waals surface area (Å²) in [6.07, 6.45) is 3.41. The Morgan fingerprint density at radius 1 is 1.47 bits per heavy atom. The number of hydrogen-bond donors (Lipinski definition) is 2. The van der Waals surface area contributed by atoms with E-state index >= 15 is 0 Å². The molecule has 3 N–H and O–H groups in total. The third-order valence-corrected chi connectivity index (χ3v) is 4.58. The van der Waals surface area contributed by atoms with Crippen molar-refractivity contribution in [1.29, 1.82) is 0 Å². The Morgan fingerprint density at radius 2 is 2.12 bits per heavy atom. The molecule has 1 aliphatic rings. The minimum atomic E-state index is -0.416. The van der Waals surface area contributed by atoms with Gasteiger partial charge in [-0.15, -0.1) is 0 Å². The van der Waals surface area contributed by atoms with Gasteiger partial charge in [-0.25, -0.2) is 0 Å². The van der Waals surface area contributed by atoms with E-state index in [9.17, 15) is 4.79 Å². The smallest absolute Gasteiger partial charge is 0.237 e. The lowest BCUT2D eigenvalue weighted by molar-refractivity contribution is -0.125. The highest BCUT2D eigenvalue weighted by atomic mass is 32.2. The summed E-state index contributed by atoms with van der Waals surface area (Å²) in [4.78, 5) is 12.0. The van der Waals surface area contributed by atoms with Crippen molar-refractivity contribution in [1.82, 2.24) is 5.32 Å². The molecule has 3 unspecified atom stereocenters. The number of carbonyl (C=O) groups is 1. The Labute approximate surface area is 109 Å². The van der Waals surface area contributed by atoms with Crippen LogP contribution in [0.5, 0.6) is 0 Å². The largest absolute Gasteiger partial charge is 0.352 e. The molecule has 0 aromatic carbocycles. The monoisotopic (exact) mass is 258 g/mol. The van der Waals surface area contributed by atoms with Gasteiger partial charge in [0.1, 0.15) is 0 Å². The molecule has 3 atom stereocenters. The number of nitrogens with one attached hydrogen (secondary N) is 1. The minimum Gasteiger partial charge on any atom is -0.352 e. The fraction of sp³-hybridized carbons (Fsp3) is 0.923. The summed E-state index contributed by atoms with van der Waals surface area (Å²) in [5.74, 6) is 1.16. The topological polar surface area (TPSA) is 55.1 Å². The summed E-state index contributed by atoms with van der Waals surface area (Å²) >= 11 is 2.00. The third kappa shape index (κ3) is 4.51. The average Bonchev–Trinajstić information content (AvgIpc) is 2.63. The average molecular weight is 258 g/mol. The maximum Gasteiger partial charge on any atom is 0.237 e. The fourth-order valence-corrected chi connectivity index (χ4v) is 3.29. The Hall–Kier alpha value is -0.220. The minimum absolute atomic E-state index is 0.00430. The predicted molar refractivity (Wildman–Crippen MR) is 75.1 cm³/mol. The molecule has 0 spiro atoms. The number of nitrogens with two attached hydrogens (primary N) is 1. The van der Waals surface area contributed by atoms with E-state index in [4.69, 9.17) is 5.73 Å². The van der Waals surface area contributed by atoms with Gasteiger partial charge < -0.3 is 11.1 Å². The van der Waals surface area contributed by atoms with E-state index in [1.54, 1.807) is 0 Å². The maximum absolute atomic E-state index is 12.0. The summed E-state index contributed by atoms with van der Waals surface area (Å²) < 4.78 is 0. The molecular weight excluding hydrogens is 232 g/mol. The molecule has 3 nitrogen and oxygen atoms in total. The van der Waals surface area contributed by atoms with Crippen molar-refractivity contribution < 1.29 is 4.79 Å². The molecule has 1 amide bonds. The molecule has 0 saturated heterocycles. The summed E-state index contributed by atoms with van der Waals surface area (Å²) in [7, 11) is 0. The molecule has 0 aromatic heterocycles. The van der Waals surface area contributed by atoms with Gasteiger partial charge in [0.2, 0.25) is 5.91 Å². The molecule has 0 heterocycles. The van der Waals surface area contributed by atoms with Crippen molar-refractivity contribution in [3.63, 3.8) is 0 Å². The highest BCUT2D eigenvalue weighted by Gasteiger charge is 2.31. The van der Waals surface area contributed by atoms with E-state index < -0.39 is 6.04 Å². The number of hydrogen-bond acceptors (Lipinski definition) is 3. The lowest BCUT2D eigenvalue weighted by Crippen LogP contribution is -2.51. The fourth-order valence-electron chi connectivity index (χ4n) is 2.14. The zero-order valence-electron chi connectivity index (χ0n) is 11.5. The van der Waals surface area contributed by atoms with Gasteiger partial charge in [-0.1, -0.05) is 27.7 Å². The standard InChI is InChI=1S/C13H26N2OS/c1-5-17-10-7-6-9(8-10)15-12(16)11(14)13(2,3)4/h9-11H,5-8,14H2,1-4H3,(H,15,16). The van der Waals surface area contributed by atoms with Crippen molar-refractivity contribution in [2.75, 3.05) is 5.75 Å². The molecule has 1 saturated carbocycles. The van der Waals surface area contributed by atoms with Crippen molar-refractivity contribution in [3.05, 3.63) is 0 Å². The van der Waals surface area contributed by atoms with Crippen molar-refractivity contribution >= 4 is 17.7 Å². The molecule has 17 heavy (non-hydrogen) atoms. The van der Waals surface area contributed by atoms with E-state index in [0.29, 0.717) is 6.04 Å². The van der Waals surface area contributed by atoms with Gasteiger partial charge in [-0.3, -0.25) is 4.79 Å². The second-order valence-electron chi connectivity index (χ2n) is 5.94. The van der Waals surface area contributed by atoms with Crippen LogP contribution in [0.3, 0.4) is 0 Å². The van der Waals surface area contributed by atoms with Gasteiger partial charge in [-0.05, 0) is 30.4 Å². The number of thioether (sulfide) groups is 1. The van der Waals surface area contributed by atoms with Crippen molar-refractivity contribution in [2.24, 2.45) is 11.1 Å². The molecule has 1 fully saturated rings. The molecule has 1 aliphatic carbocycles. The van der Waals surface area contributed by atoms with E-state index in [-0.39, 0.29) is 11.3 Å². The highest BCUT2D eigenvalue weighted by Crippen LogP contribution is 2.30. The Balaban J connectivity index is 2.38. The summed E-state index contributed by atoms with van der Waals surface area (Å²) in [6.45, 7) is 8.19. The first-order chi connectivity index (χ1) is 7.84. The summed E-state index contributed by atoms with van der Waals surface area (Å²) in [6, 6.07) is -0.0830. The van der Waals surface area contributed by atoms with E-state index in [0.717, 1.165) is 23.8 Å². The van der Waals surface area contributed by atoms with Crippen LogP contribution in [-0.4, -0.2) is 29.0 Å². The van der Waals surface area contributed by atoms with E-state index in [1.807, 2.05) is 32.5 Å². The quantitative estimate of drug-likeness (QED) is 0.812. The van der Waals surface area contributed by atoms with Gasteiger partial charge in [0.05, 0.1) is 6.04 Å². The second kappa shape index (κ2) is 6.10. The molecular formula is C13H26N2OS. The van der Waals surface area contributed by atoms with Crippen LogP contribution in [-0.2, 0) is 4.79 Å². The van der Waals surface area contributed by atoms with Gasteiger partial charge in [0.25, 0.3) is 0 Å². The molecule has 1 rings (SSSR count). The summed E-state index contributed by atoms with van der Waals surface area (Å²) in [5, 5.41) is 3.81. The first kappa shape index (κ1) is 14.8. The number of rotatable bonds is 4. The maximum atomic E-state index is 12.0. The van der Waals surface area contributed by atoms with Crippen LogP contribution in [0.15, 0.2) is 0 Å². The Kier molecular flexibility index (Phi) is 5.32. The van der Waals surface area contributed by atoms with Gasteiger partial charge >= 0.3 is 0 Å². The van der Waals surface area contributed by atoms with E-state index in [2.05, 4.69) is 12.2 Å². The Morgan fingerprint density at radius 3 is 2.65 bits per heavy atom. The van der Waals surface area contributed by atoms with Gasteiger partial charge in [0.15, 0.2) is 0 Å². The molecule has 100 valence electrons. The second-order valence-corrected chi connectivity index (χ2v) is 7.52. The van der Waals surface area contributed by atoms with E-state index in [1.165, 1.54) is 6.42 Å². The predicted octanol–water partition coefficient (Wildman–Crippen LogP) is 2.15. The number of carbonyl (C=O) groups excluding carboxylic acids is 1.